The van der Waals surface area contributed by atoms with E-state index in [0.29, 0.717) is 4.83 Å². The number of halogens is 1. The van der Waals surface area contributed by atoms with Gasteiger partial charge in [0, 0.05) is 0 Å². The van der Waals surface area contributed by atoms with Crippen LogP contribution in [0.5, 0.6) is 0 Å². The van der Waals surface area contributed by atoms with Crippen molar-refractivity contribution in [3.63, 3.8) is 0 Å². The normalized spacial score (nSPS) is 15.6. The molecule has 2 unspecified atom stereocenters. The maximum atomic E-state index is 6.22. The fraction of sp³-hybridized carbons (Fsp3) is 0.875. The summed E-state index contributed by atoms with van der Waals surface area (Å²) < 4.78 is 6.22. The summed E-state index contributed by atoms with van der Waals surface area (Å²) in [6, 6.07) is 0. The topological polar surface area (TPSA) is 9.23 Å². The maximum Gasteiger partial charge on any atom is 0.193 e. The van der Waals surface area contributed by atoms with Crippen LogP contribution in [0.4, 0.5) is 0 Å². The summed E-state index contributed by atoms with van der Waals surface area (Å²) in [5, 5.41) is 0.248. The number of rotatable bonds is 6. The Labute approximate surface area is 130 Å². The van der Waals surface area contributed by atoms with Gasteiger partial charge in [0.1, 0.15) is 6.10 Å². The van der Waals surface area contributed by atoms with Gasteiger partial charge in [-0.05, 0) is 31.5 Å². The molecule has 1 nitrogen and oxygen atoms in total. The minimum atomic E-state index is -1.69. The van der Waals surface area contributed by atoms with Gasteiger partial charge in [-0.2, -0.15) is 0 Å². The highest BCUT2D eigenvalue weighted by molar-refractivity contribution is 9.09. The zero-order chi connectivity index (χ0) is 15.1. The SMILES string of the molecule is CCCCCC(Br)C#CC(C)O[Si](C)(C)C(C)(C)C. The number of alkyl halides is 1. The first-order chi connectivity index (χ1) is 8.60. The highest BCUT2D eigenvalue weighted by Gasteiger charge is 2.38. The second-order valence-corrected chi connectivity index (χ2v) is 12.6. The van der Waals surface area contributed by atoms with Crippen LogP contribution < -0.4 is 0 Å². The summed E-state index contributed by atoms with van der Waals surface area (Å²) in [5.41, 5.74) is 0. The van der Waals surface area contributed by atoms with Gasteiger partial charge >= 0.3 is 0 Å². The van der Waals surface area contributed by atoms with E-state index in [-0.39, 0.29) is 11.1 Å². The van der Waals surface area contributed by atoms with Crippen LogP contribution in [-0.2, 0) is 4.43 Å². The van der Waals surface area contributed by atoms with Crippen LogP contribution in [0.3, 0.4) is 0 Å². The van der Waals surface area contributed by atoms with Crippen molar-refractivity contribution < 1.29 is 4.43 Å². The second kappa shape index (κ2) is 8.49. The molecule has 0 bridgehead atoms. The molecule has 2 atom stereocenters. The molecule has 0 saturated heterocycles. The molecule has 0 aliphatic heterocycles. The smallest absolute Gasteiger partial charge is 0.193 e. The first-order valence-electron chi connectivity index (χ1n) is 7.43. The van der Waals surface area contributed by atoms with E-state index in [1.165, 1.54) is 19.3 Å². The van der Waals surface area contributed by atoms with Crippen molar-refractivity contribution in [3.8, 4) is 11.8 Å². The van der Waals surface area contributed by atoms with E-state index in [0.717, 1.165) is 6.42 Å². The first kappa shape index (κ1) is 19.2. The number of hydrogen-bond donors (Lipinski definition) is 0. The molecular formula is C16H31BrOSi. The Kier molecular flexibility index (Phi) is 8.59. The van der Waals surface area contributed by atoms with Gasteiger partial charge in [0.2, 0.25) is 0 Å². The fourth-order valence-electron chi connectivity index (χ4n) is 1.50. The molecule has 3 heteroatoms. The molecule has 0 amide bonds. The van der Waals surface area contributed by atoms with Crippen LogP contribution in [0, 0.1) is 11.8 Å². The van der Waals surface area contributed by atoms with Gasteiger partial charge in [0.25, 0.3) is 0 Å². The molecule has 112 valence electrons. The fourth-order valence-corrected chi connectivity index (χ4v) is 3.25. The summed E-state index contributed by atoms with van der Waals surface area (Å²) >= 11 is 3.64. The molecule has 0 N–H and O–H groups in total. The van der Waals surface area contributed by atoms with E-state index in [1.807, 2.05) is 0 Å². The lowest BCUT2D eigenvalue weighted by Gasteiger charge is -2.37. The molecule has 19 heavy (non-hydrogen) atoms. The van der Waals surface area contributed by atoms with Gasteiger partial charge in [-0.1, -0.05) is 74.7 Å². The van der Waals surface area contributed by atoms with Gasteiger partial charge in [0.15, 0.2) is 8.32 Å². The molecule has 0 saturated carbocycles. The molecule has 0 heterocycles. The van der Waals surface area contributed by atoms with Crippen molar-refractivity contribution in [2.45, 2.75) is 89.4 Å². The van der Waals surface area contributed by atoms with E-state index in [1.54, 1.807) is 0 Å². The van der Waals surface area contributed by atoms with E-state index in [2.05, 4.69) is 75.5 Å². The minimum absolute atomic E-state index is 0.0344. The Morgan fingerprint density at radius 3 is 2.21 bits per heavy atom. The second-order valence-electron chi connectivity index (χ2n) is 6.77. The molecule has 0 radical (unpaired) electrons. The van der Waals surface area contributed by atoms with Gasteiger partial charge < -0.3 is 4.43 Å². The number of unbranched alkanes of at least 4 members (excludes halogenated alkanes) is 2. The van der Waals surface area contributed by atoms with E-state index in [4.69, 9.17) is 4.43 Å². The predicted molar refractivity (Wildman–Crippen MR) is 92.4 cm³/mol. The van der Waals surface area contributed by atoms with Crippen LogP contribution in [0.25, 0.3) is 0 Å². The summed E-state index contributed by atoms with van der Waals surface area (Å²) in [6.45, 7) is 15.6. The molecular weight excluding hydrogens is 316 g/mol. The van der Waals surface area contributed by atoms with Crippen molar-refractivity contribution in [1.82, 2.24) is 0 Å². The minimum Gasteiger partial charge on any atom is -0.404 e. The largest absolute Gasteiger partial charge is 0.404 e. The molecule has 0 spiro atoms. The van der Waals surface area contributed by atoms with Crippen LogP contribution in [0.2, 0.25) is 18.1 Å². The van der Waals surface area contributed by atoms with E-state index >= 15 is 0 Å². The molecule has 0 rings (SSSR count). The molecule has 0 fully saturated rings. The summed E-state index contributed by atoms with van der Waals surface area (Å²) in [4.78, 5) is 0.310. The Morgan fingerprint density at radius 2 is 1.74 bits per heavy atom. The maximum absolute atomic E-state index is 6.22. The summed E-state index contributed by atoms with van der Waals surface area (Å²) in [7, 11) is -1.69. The Morgan fingerprint density at radius 1 is 1.16 bits per heavy atom. The van der Waals surface area contributed by atoms with Gasteiger partial charge in [-0.15, -0.1) is 0 Å². The lowest BCUT2D eigenvalue weighted by molar-refractivity contribution is 0.251. The number of hydrogen-bond acceptors (Lipinski definition) is 1. The molecule has 0 aromatic heterocycles. The van der Waals surface area contributed by atoms with Crippen LogP contribution in [0.1, 0.15) is 60.3 Å². The van der Waals surface area contributed by atoms with Crippen LogP contribution in [0.15, 0.2) is 0 Å². The lowest BCUT2D eigenvalue weighted by Crippen LogP contribution is -2.43. The molecule has 0 aliphatic carbocycles. The highest BCUT2D eigenvalue weighted by Crippen LogP contribution is 2.37. The average molecular weight is 347 g/mol. The standard InChI is InChI=1S/C16H31BrOSi/c1-8-9-10-11-15(17)13-12-14(2)18-19(6,7)16(3,4)5/h14-15H,8-11H2,1-7H3. The monoisotopic (exact) mass is 346 g/mol. The summed E-state index contributed by atoms with van der Waals surface area (Å²) in [5.74, 6) is 6.53. The zero-order valence-corrected chi connectivity index (χ0v) is 16.4. The highest BCUT2D eigenvalue weighted by atomic mass is 79.9. The van der Waals surface area contributed by atoms with Crippen molar-refractivity contribution in [2.24, 2.45) is 0 Å². The third-order valence-corrected chi connectivity index (χ3v) is 9.02. The van der Waals surface area contributed by atoms with E-state index in [9.17, 15) is 0 Å². The Hall–Kier alpha value is 0.217. The Bertz CT molecular complexity index is 309. The quantitative estimate of drug-likeness (QED) is 0.257. The Balaban J connectivity index is 4.28. The average Bonchev–Trinajstić information content (AvgIpc) is 2.24. The van der Waals surface area contributed by atoms with Gasteiger partial charge in [-0.3, -0.25) is 0 Å². The van der Waals surface area contributed by atoms with Crippen LogP contribution in [-0.4, -0.2) is 19.2 Å². The van der Waals surface area contributed by atoms with Gasteiger partial charge in [-0.25, -0.2) is 0 Å². The van der Waals surface area contributed by atoms with Crippen molar-refractivity contribution >= 4 is 24.2 Å². The molecule has 0 aromatic rings. The lowest BCUT2D eigenvalue weighted by atomic mass is 10.1. The third kappa shape index (κ3) is 8.17. The van der Waals surface area contributed by atoms with Crippen molar-refractivity contribution in [1.29, 1.82) is 0 Å². The molecule has 0 aromatic carbocycles. The predicted octanol–water partition coefficient (Wildman–Crippen LogP) is 5.74. The van der Waals surface area contributed by atoms with Gasteiger partial charge in [0.05, 0.1) is 4.83 Å². The third-order valence-electron chi connectivity index (χ3n) is 3.78. The zero-order valence-electron chi connectivity index (χ0n) is 13.8. The molecule has 0 aliphatic rings. The van der Waals surface area contributed by atoms with Crippen molar-refractivity contribution in [3.05, 3.63) is 0 Å². The van der Waals surface area contributed by atoms with E-state index < -0.39 is 8.32 Å². The summed E-state index contributed by atoms with van der Waals surface area (Å²) in [6.07, 6.45) is 4.97. The van der Waals surface area contributed by atoms with Crippen LogP contribution >= 0.6 is 15.9 Å². The van der Waals surface area contributed by atoms with Crippen molar-refractivity contribution in [2.75, 3.05) is 0 Å². The first-order valence-corrected chi connectivity index (χ1v) is 11.3.